The molecule has 0 bridgehead atoms. The van der Waals surface area contributed by atoms with Gasteiger partial charge in [-0.05, 0) is 20.8 Å². The summed E-state index contributed by atoms with van der Waals surface area (Å²) in [4.78, 5) is 42.0. The molecule has 0 aromatic heterocycles. The van der Waals surface area contributed by atoms with Gasteiger partial charge in [0.05, 0.1) is 18.1 Å². The lowest BCUT2D eigenvalue weighted by molar-refractivity contribution is -0.163. The maximum absolute atomic E-state index is 12.3. The van der Waals surface area contributed by atoms with Crippen LogP contribution < -0.4 is 0 Å². The Labute approximate surface area is 163 Å². The van der Waals surface area contributed by atoms with Gasteiger partial charge in [0.25, 0.3) is 0 Å². The summed E-state index contributed by atoms with van der Waals surface area (Å²) in [7, 11) is 0. The zero-order valence-electron chi connectivity index (χ0n) is 16.1. The molecule has 0 aliphatic carbocycles. The van der Waals surface area contributed by atoms with Gasteiger partial charge in [-0.1, -0.05) is 6.92 Å². The Kier molecular flexibility index (Phi) is 5.45. The first kappa shape index (κ1) is 20.0. The van der Waals surface area contributed by atoms with Gasteiger partial charge in [-0.25, -0.2) is 9.59 Å². The van der Waals surface area contributed by atoms with Gasteiger partial charge in [-0.2, -0.15) is 0 Å². The number of likely N-dealkylation sites (tertiary alicyclic amines) is 1. The van der Waals surface area contributed by atoms with Crippen LogP contribution in [0.5, 0.6) is 0 Å². The minimum atomic E-state index is -1.11. The van der Waals surface area contributed by atoms with Crippen molar-refractivity contribution < 1.29 is 24.6 Å². The normalized spacial score (nSPS) is 28.6. The molecule has 8 nitrogen and oxygen atoms in total. The van der Waals surface area contributed by atoms with Crippen LogP contribution in [0, 0.1) is 11.8 Å². The van der Waals surface area contributed by atoms with E-state index in [-0.39, 0.29) is 34.8 Å². The van der Waals surface area contributed by atoms with Gasteiger partial charge in [0.15, 0.2) is 0 Å². The van der Waals surface area contributed by atoms with E-state index in [9.17, 15) is 24.6 Å². The topological polar surface area (TPSA) is 101 Å². The van der Waals surface area contributed by atoms with Crippen molar-refractivity contribution in [2.24, 2.45) is 11.8 Å². The van der Waals surface area contributed by atoms with Crippen molar-refractivity contribution in [1.82, 2.24) is 14.7 Å². The lowest BCUT2D eigenvalue weighted by Gasteiger charge is -2.46. The second-order valence-electron chi connectivity index (χ2n) is 7.37. The Balaban J connectivity index is 1.70. The van der Waals surface area contributed by atoms with Gasteiger partial charge < -0.3 is 24.9 Å². The minimum absolute atomic E-state index is 0.0110. The molecule has 2 fully saturated rings. The first-order valence-corrected chi connectivity index (χ1v) is 10.3. The molecule has 0 aromatic rings. The van der Waals surface area contributed by atoms with Gasteiger partial charge in [-0.15, -0.1) is 11.8 Å². The fourth-order valence-corrected chi connectivity index (χ4v) is 5.74. The van der Waals surface area contributed by atoms with E-state index in [0.29, 0.717) is 31.1 Å². The van der Waals surface area contributed by atoms with E-state index in [1.807, 2.05) is 20.8 Å². The van der Waals surface area contributed by atoms with Crippen LogP contribution in [0.4, 0.5) is 4.79 Å². The predicted octanol–water partition coefficient (Wildman–Crippen LogP) is 1.02. The average Bonchev–Trinajstić information content (AvgIpc) is 2.80. The Morgan fingerprint density at radius 1 is 1.30 bits per heavy atom. The third-order valence-electron chi connectivity index (χ3n) is 5.76. The Morgan fingerprint density at radius 3 is 2.37 bits per heavy atom. The van der Waals surface area contributed by atoms with Gasteiger partial charge in [0.2, 0.25) is 5.91 Å². The molecule has 0 unspecified atom stereocenters. The summed E-state index contributed by atoms with van der Waals surface area (Å²) in [6.45, 7) is 9.83. The molecule has 0 saturated carbocycles. The number of aliphatic carboxylic acids is 1. The van der Waals surface area contributed by atoms with Crippen LogP contribution in [0.25, 0.3) is 0 Å². The van der Waals surface area contributed by atoms with Crippen LogP contribution in [0.1, 0.15) is 27.7 Å². The molecule has 3 heterocycles. The Hall–Kier alpha value is -1.74. The quantitative estimate of drug-likeness (QED) is 0.649. The molecule has 0 radical (unpaired) electrons. The van der Waals surface area contributed by atoms with Crippen molar-refractivity contribution in [3.05, 3.63) is 10.6 Å². The first-order chi connectivity index (χ1) is 12.7. The number of amides is 3. The Bertz CT molecular complexity index is 684. The van der Waals surface area contributed by atoms with E-state index in [1.54, 1.807) is 16.7 Å². The molecule has 2 N–H and O–H groups in total. The molecule has 3 aliphatic heterocycles. The van der Waals surface area contributed by atoms with Crippen LogP contribution in [0.3, 0.4) is 0 Å². The van der Waals surface area contributed by atoms with E-state index in [1.165, 1.54) is 16.7 Å². The summed E-state index contributed by atoms with van der Waals surface area (Å²) in [5.74, 6) is -2.11. The van der Waals surface area contributed by atoms with Crippen molar-refractivity contribution >= 4 is 29.7 Å². The van der Waals surface area contributed by atoms with Crippen LogP contribution >= 0.6 is 11.8 Å². The molecule has 27 heavy (non-hydrogen) atoms. The number of nitrogens with zero attached hydrogens (tertiary/aromatic N) is 3. The second kappa shape index (κ2) is 7.35. The van der Waals surface area contributed by atoms with Gasteiger partial charge in [0, 0.05) is 42.3 Å². The second-order valence-corrected chi connectivity index (χ2v) is 8.71. The average molecular weight is 397 g/mol. The number of fused-ring (bicyclic) bond motifs is 1. The van der Waals surface area contributed by atoms with E-state index < -0.39 is 18.0 Å². The van der Waals surface area contributed by atoms with Crippen molar-refractivity contribution in [2.45, 2.75) is 45.1 Å². The van der Waals surface area contributed by atoms with Crippen LogP contribution in [-0.2, 0) is 9.59 Å². The van der Waals surface area contributed by atoms with Crippen molar-refractivity contribution in [3.8, 4) is 0 Å². The lowest BCUT2D eigenvalue weighted by Crippen LogP contribution is -2.63. The van der Waals surface area contributed by atoms with Crippen LogP contribution in [-0.4, -0.2) is 86.4 Å². The molecule has 0 spiro atoms. The van der Waals surface area contributed by atoms with Gasteiger partial charge in [0.1, 0.15) is 5.70 Å². The van der Waals surface area contributed by atoms with Crippen LogP contribution in [0.2, 0.25) is 0 Å². The molecule has 4 atom stereocenters. The number of aliphatic hydroxyl groups is 1. The maximum Gasteiger partial charge on any atom is 0.353 e. The van der Waals surface area contributed by atoms with E-state index in [4.69, 9.17) is 0 Å². The molecular weight excluding hydrogens is 370 g/mol. The number of β-lactam (4-membered cyclic amide) rings is 1. The largest absolute Gasteiger partial charge is 0.477 e. The lowest BCUT2D eigenvalue weighted by atomic mass is 9.79. The molecule has 2 saturated heterocycles. The molecule has 0 aromatic carbocycles. The zero-order valence-corrected chi connectivity index (χ0v) is 16.9. The highest BCUT2D eigenvalue weighted by Gasteiger charge is 2.60. The van der Waals surface area contributed by atoms with E-state index in [0.717, 1.165) is 0 Å². The SMILES string of the molecule is CCN(CC)C(=O)N1CC(SC2=C(C(=O)O)N3C(=O)[C@H]([C@@H](C)O)[C@H]3[C@H]2C)C1. The number of carbonyl (C=O) groups is 3. The minimum Gasteiger partial charge on any atom is -0.477 e. The van der Waals surface area contributed by atoms with Crippen molar-refractivity contribution in [1.29, 1.82) is 0 Å². The molecule has 150 valence electrons. The number of hydrogen-bond donors (Lipinski definition) is 2. The summed E-state index contributed by atoms with van der Waals surface area (Å²) in [6.07, 6.45) is -0.800. The highest BCUT2D eigenvalue weighted by Crippen LogP contribution is 2.51. The monoisotopic (exact) mass is 397 g/mol. The molecule has 9 heteroatoms. The van der Waals surface area contributed by atoms with E-state index in [2.05, 4.69) is 0 Å². The number of carboxylic acids is 1. The molecule has 3 rings (SSSR count). The first-order valence-electron chi connectivity index (χ1n) is 9.41. The third-order valence-corrected chi connectivity index (χ3v) is 7.21. The highest BCUT2D eigenvalue weighted by atomic mass is 32.2. The summed E-state index contributed by atoms with van der Waals surface area (Å²) < 4.78 is 0. The summed E-state index contributed by atoms with van der Waals surface area (Å²) in [6, 6.07) is -0.281. The number of aliphatic hydroxyl groups excluding tert-OH is 1. The fraction of sp³-hybridized carbons (Fsp3) is 0.722. The number of rotatable bonds is 6. The van der Waals surface area contributed by atoms with E-state index >= 15 is 0 Å². The number of hydrogen-bond acceptors (Lipinski definition) is 5. The third kappa shape index (κ3) is 3.10. The zero-order chi connectivity index (χ0) is 20.0. The van der Waals surface area contributed by atoms with Crippen LogP contribution in [0.15, 0.2) is 10.6 Å². The summed E-state index contributed by atoms with van der Waals surface area (Å²) >= 11 is 1.46. The fourth-order valence-electron chi connectivity index (χ4n) is 4.22. The van der Waals surface area contributed by atoms with Crippen molar-refractivity contribution in [2.75, 3.05) is 26.2 Å². The number of thioether (sulfide) groups is 1. The highest BCUT2D eigenvalue weighted by molar-refractivity contribution is 8.03. The smallest absolute Gasteiger partial charge is 0.353 e. The standard InChI is InChI=1S/C18H27N3O5S/c1-5-19(6-2)18(26)20-7-11(8-20)27-15-9(3)13-12(10(4)22)16(23)21(13)14(15)17(24)25/h9-13,22H,5-8H2,1-4H3,(H,24,25)/t9-,10-,12-,13-/m1/s1. The molecule has 3 amide bonds. The summed E-state index contributed by atoms with van der Waals surface area (Å²) in [5.41, 5.74) is 0.0490. The van der Waals surface area contributed by atoms with Gasteiger partial charge >= 0.3 is 12.0 Å². The molecular formula is C18H27N3O5S. The van der Waals surface area contributed by atoms with Gasteiger partial charge in [-0.3, -0.25) is 4.79 Å². The number of carbonyl (C=O) groups excluding carboxylic acids is 2. The predicted molar refractivity (Wildman–Crippen MR) is 101 cm³/mol. The molecule has 3 aliphatic rings. The Morgan fingerprint density at radius 2 is 1.89 bits per heavy atom. The summed E-state index contributed by atoms with van der Waals surface area (Å²) in [5, 5.41) is 19.7. The number of carboxylic acid groups (broad SMARTS) is 1. The van der Waals surface area contributed by atoms with Crippen molar-refractivity contribution in [3.63, 3.8) is 0 Å². The number of urea groups is 1. The maximum atomic E-state index is 12.3.